The molecule has 2 fully saturated rings. The van der Waals surface area contributed by atoms with Crippen LogP contribution in [-0.2, 0) is 4.74 Å². The summed E-state index contributed by atoms with van der Waals surface area (Å²) in [4.78, 5) is 2.49. The van der Waals surface area contributed by atoms with Crippen LogP contribution in [0.25, 0.3) is 0 Å². The van der Waals surface area contributed by atoms with Crippen molar-refractivity contribution in [2.45, 2.75) is 57.3 Å². The average molecular weight is 265 g/mol. The van der Waals surface area contributed by atoms with Gasteiger partial charge in [-0.05, 0) is 52.6 Å². The molecule has 4 nitrogen and oxygen atoms in total. The van der Waals surface area contributed by atoms with Gasteiger partial charge in [0.05, 0.1) is 18.3 Å². The maximum Gasteiger partial charge on any atom is 0.109 e. The lowest BCUT2D eigenvalue weighted by atomic mass is 9.86. The van der Waals surface area contributed by atoms with Gasteiger partial charge < -0.3 is 10.1 Å². The Hall–Kier alpha value is -0.630. The van der Waals surface area contributed by atoms with Gasteiger partial charge in [-0.3, -0.25) is 4.90 Å². The topological polar surface area (TPSA) is 48.3 Å². The summed E-state index contributed by atoms with van der Waals surface area (Å²) in [5.41, 5.74) is -0.274. The first-order chi connectivity index (χ1) is 9.09. The molecule has 0 amide bonds. The Bertz CT molecular complexity index is 331. The zero-order chi connectivity index (χ0) is 13.9. The second-order valence-corrected chi connectivity index (χ2v) is 6.23. The standard InChI is InChI=1S/C15H27N3O/c1-12-9-18(10-13(2)19-12)8-6-14-5-4-7-15(14,11-16)17-3/h12-14,17H,4-10H2,1-3H3. The molecule has 0 aromatic heterocycles. The van der Waals surface area contributed by atoms with Crippen molar-refractivity contribution in [3.63, 3.8) is 0 Å². The summed E-state index contributed by atoms with van der Waals surface area (Å²) >= 11 is 0. The highest BCUT2D eigenvalue weighted by molar-refractivity contribution is 5.13. The summed E-state index contributed by atoms with van der Waals surface area (Å²) in [6.07, 6.45) is 5.14. The number of hydrogen-bond acceptors (Lipinski definition) is 4. The number of nitriles is 1. The Morgan fingerprint density at radius 1 is 1.37 bits per heavy atom. The van der Waals surface area contributed by atoms with Crippen LogP contribution < -0.4 is 5.32 Å². The van der Waals surface area contributed by atoms with E-state index in [9.17, 15) is 5.26 Å². The highest BCUT2D eigenvalue weighted by Gasteiger charge is 2.41. The summed E-state index contributed by atoms with van der Waals surface area (Å²) in [6, 6.07) is 2.53. The van der Waals surface area contributed by atoms with Gasteiger partial charge in [0.1, 0.15) is 5.54 Å². The molecule has 1 saturated carbocycles. The number of rotatable bonds is 4. The molecule has 4 unspecified atom stereocenters. The van der Waals surface area contributed by atoms with E-state index in [4.69, 9.17) is 4.74 Å². The first kappa shape index (κ1) is 14.8. The lowest BCUT2D eigenvalue weighted by Crippen LogP contribution is -2.48. The number of nitrogens with zero attached hydrogens (tertiary/aromatic N) is 2. The molecule has 0 aromatic rings. The van der Waals surface area contributed by atoms with Crippen molar-refractivity contribution >= 4 is 0 Å². The summed E-state index contributed by atoms with van der Waals surface area (Å²) in [5.74, 6) is 0.496. The van der Waals surface area contributed by atoms with Crippen LogP contribution in [-0.4, -0.2) is 49.3 Å². The zero-order valence-electron chi connectivity index (χ0n) is 12.5. The van der Waals surface area contributed by atoms with Crippen molar-refractivity contribution in [1.29, 1.82) is 5.26 Å². The predicted molar refractivity (Wildman–Crippen MR) is 75.8 cm³/mol. The van der Waals surface area contributed by atoms with E-state index in [1.165, 1.54) is 12.8 Å². The third kappa shape index (κ3) is 3.28. The van der Waals surface area contributed by atoms with Gasteiger partial charge in [-0.1, -0.05) is 6.42 Å². The molecule has 4 atom stereocenters. The SMILES string of the molecule is CNC1(C#N)CCCC1CCN1CC(C)OC(C)C1. The van der Waals surface area contributed by atoms with Crippen molar-refractivity contribution in [3.05, 3.63) is 0 Å². The third-order valence-corrected chi connectivity index (χ3v) is 4.76. The maximum atomic E-state index is 9.46. The molecule has 1 N–H and O–H groups in total. The molecule has 0 aromatic carbocycles. The number of nitrogens with one attached hydrogen (secondary N) is 1. The summed E-state index contributed by atoms with van der Waals surface area (Å²) in [7, 11) is 1.93. The van der Waals surface area contributed by atoms with E-state index >= 15 is 0 Å². The van der Waals surface area contributed by atoms with E-state index in [-0.39, 0.29) is 5.54 Å². The fraction of sp³-hybridized carbons (Fsp3) is 0.933. The molecule has 2 aliphatic rings. The molecular formula is C15H27N3O. The molecule has 1 aliphatic carbocycles. The Morgan fingerprint density at radius 3 is 2.63 bits per heavy atom. The van der Waals surface area contributed by atoms with Gasteiger partial charge >= 0.3 is 0 Å². The van der Waals surface area contributed by atoms with Gasteiger partial charge in [0.25, 0.3) is 0 Å². The number of hydrogen-bond donors (Lipinski definition) is 1. The van der Waals surface area contributed by atoms with E-state index in [0.29, 0.717) is 18.1 Å². The molecule has 0 bridgehead atoms. The minimum Gasteiger partial charge on any atom is -0.373 e. The van der Waals surface area contributed by atoms with Gasteiger partial charge in [-0.25, -0.2) is 0 Å². The van der Waals surface area contributed by atoms with Crippen LogP contribution in [0, 0.1) is 17.2 Å². The molecule has 19 heavy (non-hydrogen) atoms. The third-order valence-electron chi connectivity index (χ3n) is 4.76. The maximum absolute atomic E-state index is 9.46. The highest BCUT2D eigenvalue weighted by Crippen LogP contribution is 2.37. The largest absolute Gasteiger partial charge is 0.373 e. The van der Waals surface area contributed by atoms with Crippen molar-refractivity contribution in [3.8, 4) is 6.07 Å². The van der Waals surface area contributed by atoms with Crippen LogP contribution in [0.4, 0.5) is 0 Å². The van der Waals surface area contributed by atoms with Crippen LogP contribution >= 0.6 is 0 Å². The monoisotopic (exact) mass is 265 g/mol. The van der Waals surface area contributed by atoms with Crippen molar-refractivity contribution in [2.24, 2.45) is 5.92 Å². The normalized spacial score (nSPS) is 40.2. The predicted octanol–water partition coefficient (Wildman–Crippen LogP) is 1.77. The fourth-order valence-corrected chi connectivity index (χ4v) is 3.81. The van der Waals surface area contributed by atoms with Crippen molar-refractivity contribution in [2.75, 3.05) is 26.7 Å². The second kappa shape index (κ2) is 6.21. The van der Waals surface area contributed by atoms with Crippen LogP contribution in [0.3, 0.4) is 0 Å². The van der Waals surface area contributed by atoms with Gasteiger partial charge in [0.15, 0.2) is 0 Å². The molecule has 0 radical (unpaired) electrons. The first-order valence-electron chi connectivity index (χ1n) is 7.57. The van der Waals surface area contributed by atoms with Crippen LogP contribution in [0.2, 0.25) is 0 Å². The summed E-state index contributed by atoms with van der Waals surface area (Å²) < 4.78 is 5.77. The number of ether oxygens (including phenoxy) is 1. The van der Waals surface area contributed by atoms with E-state index in [1.54, 1.807) is 0 Å². The van der Waals surface area contributed by atoms with Gasteiger partial charge in [-0.15, -0.1) is 0 Å². The summed E-state index contributed by atoms with van der Waals surface area (Å²) in [5, 5.41) is 12.7. The Kier molecular flexibility index (Phi) is 4.83. The first-order valence-corrected chi connectivity index (χ1v) is 7.57. The smallest absolute Gasteiger partial charge is 0.109 e. The molecule has 1 heterocycles. The Labute approximate surface area is 117 Å². The van der Waals surface area contributed by atoms with E-state index < -0.39 is 0 Å². The molecule has 4 heteroatoms. The molecule has 1 aliphatic heterocycles. The molecular weight excluding hydrogens is 238 g/mol. The van der Waals surface area contributed by atoms with E-state index in [1.807, 2.05) is 7.05 Å². The minimum atomic E-state index is -0.274. The van der Waals surface area contributed by atoms with Gasteiger partial charge in [0, 0.05) is 13.1 Å². The van der Waals surface area contributed by atoms with E-state index in [2.05, 4.69) is 30.1 Å². The van der Waals surface area contributed by atoms with Gasteiger partial charge in [-0.2, -0.15) is 5.26 Å². The minimum absolute atomic E-state index is 0.274. The molecule has 0 spiro atoms. The summed E-state index contributed by atoms with van der Waals surface area (Å²) in [6.45, 7) is 7.43. The zero-order valence-corrected chi connectivity index (χ0v) is 12.5. The quantitative estimate of drug-likeness (QED) is 0.841. The number of morpholine rings is 1. The second-order valence-electron chi connectivity index (χ2n) is 6.23. The molecule has 2 rings (SSSR count). The van der Waals surface area contributed by atoms with Crippen LogP contribution in [0.1, 0.15) is 39.5 Å². The lowest BCUT2D eigenvalue weighted by Gasteiger charge is -2.37. The lowest BCUT2D eigenvalue weighted by molar-refractivity contribution is -0.0692. The molecule has 108 valence electrons. The Morgan fingerprint density at radius 2 is 2.05 bits per heavy atom. The average Bonchev–Trinajstić information content (AvgIpc) is 2.78. The van der Waals surface area contributed by atoms with Crippen LogP contribution in [0.5, 0.6) is 0 Å². The fourth-order valence-electron chi connectivity index (χ4n) is 3.81. The van der Waals surface area contributed by atoms with Gasteiger partial charge in [0.2, 0.25) is 0 Å². The van der Waals surface area contributed by atoms with Crippen molar-refractivity contribution < 1.29 is 4.74 Å². The highest BCUT2D eigenvalue weighted by atomic mass is 16.5. The van der Waals surface area contributed by atoms with Crippen molar-refractivity contribution in [1.82, 2.24) is 10.2 Å². The Balaban J connectivity index is 1.86. The molecule has 1 saturated heterocycles. The van der Waals surface area contributed by atoms with E-state index in [0.717, 1.165) is 32.5 Å². The van der Waals surface area contributed by atoms with Crippen LogP contribution in [0.15, 0.2) is 0 Å².